The van der Waals surface area contributed by atoms with E-state index in [1.807, 2.05) is 6.07 Å². The summed E-state index contributed by atoms with van der Waals surface area (Å²) in [6, 6.07) is 2.11. The van der Waals surface area contributed by atoms with Gasteiger partial charge in [0, 0.05) is 25.6 Å². The number of likely N-dealkylation sites (tertiary alicyclic amines) is 1. The van der Waals surface area contributed by atoms with Crippen molar-refractivity contribution >= 4 is 11.8 Å². The Morgan fingerprint density at radius 3 is 2.12 bits per heavy atom. The summed E-state index contributed by atoms with van der Waals surface area (Å²) in [6.07, 6.45) is 10.3. The Bertz CT molecular complexity index is 551. The highest BCUT2D eigenvalue weighted by atomic mass is 16.2. The fraction of sp³-hybridized carbons (Fsp3) is 0.850. The van der Waals surface area contributed by atoms with Crippen molar-refractivity contribution in [1.82, 2.24) is 10.2 Å². The van der Waals surface area contributed by atoms with Crippen LogP contribution in [0.4, 0.5) is 0 Å². The molecule has 0 aromatic carbocycles. The molecule has 2 amide bonds. The maximum atomic E-state index is 12.7. The van der Waals surface area contributed by atoms with E-state index in [1.165, 1.54) is 38.5 Å². The summed E-state index contributed by atoms with van der Waals surface area (Å²) in [7, 11) is 0. The van der Waals surface area contributed by atoms with Crippen LogP contribution in [0.25, 0.3) is 0 Å². The first kappa shape index (κ1) is 16.9. The average Bonchev–Trinajstić information content (AvgIpc) is 2.53. The van der Waals surface area contributed by atoms with E-state index in [1.54, 1.807) is 4.90 Å². The SMILES string of the molecule is N#CCC(=O)N1CCC(NC(=O)CC23CC4CC(CC(C4)C2)C3)CC1. The molecule has 0 spiro atoms. The lowest BCUT2D eigenvalue weighted by atomic mass is 9.49. The first-order valence-corrected chi connectivity index (χ1v) is 9.99. The van der Waals surface area contributed by atoms with E-state index >= 15 is 0 Å². The number of nitrogens with one attached hydrogen (secondary N) is 1. The zero-order chi connectivity index (χ0) is 17.4. The average molecular weight is 343 g/mol. The number of rotatable bonds is 4. The van der Waals surface area contributed by atoms with Crippen molar-refractivity contribution in [3.63, 3.8) is 0 Å². The molecule has 0 atom stereocenters. The van der Waals surface area contributed by atoms with Gasteiger partial charge in [-0.25, -0.2) is 0 Å². The Hall–Kier alpha value is -1.57. The summed E-state index contributed by atoms with van der Waals surface area (Å²) < 4.78 is 0. The van der Waals surface area contributed by atoms with E-state index in [-0.39, 0.29) is 24.3 Å². The van der Waals surface area contributed by atoms with Gasteiger partial charge in [0.15, 0.2) is 0 Å². The largest absolute Gasteiger partial charge is 0.353 e. The van der Waals surface area contributed by atoms with Gasteiger partial charge in [0.05, 0.1) is 6.07 Å². The Kier molecular flexibility index (Phi) is 4.47. The van der Waals surface area contributed by atoms with E-state index < -0.39 is 0 Å². The first-order chi connectivity index (χ1) is 12.0. The first-order valence-electron chi connectivity index (χ1n) is 9.99. The lowest BCUT2D eigenvalue weighted by Gasteiger charge is -2.56. The van der Waals surface area contributed by atoms with Crippen molar-refractivity contribution in [2.45, 2.75) is 70.3 Å². The van der Waals surface area contributed by atoms with Crippen molar-refractivity contribution in [2.75, 3.05) is 13.1 Å². The third-order valence-corrected chi connectivity index (χ3v) is 7.14. The van der Waals surface area contributed by atoms with Crippen LogP contribution in [-0.4, -0.2) is 35.8 Å². The number of carbonyl (C=O) groups is 2. The third-order valence-electron chi connectivity index (χ3n) is 7.14. The predicted molar refractivity (Wildman–Crippen MR) is 93.2 cm³/mol. The van der Waals surface area contributed by atoms with Crippen molar-refractivity contribution in [2.24, 2.45) is 23.2 Å². The maximum Gasteiger partial charge on any atom is 0.236 e. The van der Waals surface area contributed by atoms with Gasteiger partial charge in [0.2, 0.25) is 11.8 Å². The lowest BCUT2D eigenvalue weighted by molar-refractivity contribution is -0.132. The normalized spacial score (nSPS) is 36.9. The highest BCUT2D eigenvalue weighted by Gasteiger charge is 2.51. The quantitative estimate of drug-likeness (QED) is 0.853. The van der Waals surface area contributed by atoms with Gasteiger partial charge < -0.3 is 10.2 Å². The standard InChI is InChI=1S/C20H29N3O2/c21-4-1-19(25)23-5-2-17(3-6-23)22-18(24)13-20-10-14-7-15(11-20)9-16(8-14)12-20/h14-17H,1-3,5-13H2,(H,22,24). The highest BCUT2D eigenvalue weighted by molar-refractivity contribution is 5.79. The Morgan fingerprint density at radius 2 is 1.60 bits per heavy atom. The van der Waals surface area contributed by atoms with Crippen LogP contribution in [0.3, 0.4) is 0 Å². The minimum atomic E-state index is -0.0826. The molecule has 4 saturated carbocycles. The molecule has 0 unspecified atom stereocenters. The van der Waals surface area contributed by atoms with Crippen molar-refractivity contribution in [1.29, 1.82) is 5.26 Å². The number of amides is 2. The number of hydrogen-bond donors (Lipinski definition) is 1. The van der Waals surface area contributed by atoms with Gasteiger partial charge in [-0.3, -0.25) is 9.59 Å². The van der Waals surface area contributed by atoms with Crippen LogP contribution >= 0.6 is 0 Å². The topological polar surface area (TPSA) is 73.2 Å². The van der Waals surface area contributed by atoms with Gasteiger partial charge in [-0.2, -0.15) is 5.26 Å². The molecule has 25 heavy (non-hydrogen) atoms. The molecule has 4 aliphatic carbocycles. The Morgan fingerprint density at radius 1 is 1.04 bits per heavy atom. The fourth-order valence-electron chi connectivity index (χ4n) is 6.58. The molecule has 4 bridgehead atoms. The third kappa shape index (κ3) is 3.54. The minimum Gasteiger partial charge on any atom is -0.353 e. The Labute approximate surface area is 150 Å². The molecule has 5 fully saturated rings. The number of hydrogen-bond acceptors (Lipinski definition) is 3. The van der Waals surface area contributed by atoms with Gasteiger partial charge in [-0.05, 0) is 74.5 Å². The highest BCUT2D eigenvalue weighted by Crippen LogP contribution is 2.61. The van der Waals surface area contributed by atoms with Crippen LogP contribution in [0.5, 0.6) is 0 Å². The summed E-state index contributed by atoms with van der Waals surface area (Å²) in [5.41, 5.74) is 0.294. The predicted octanol–water partition coefficient (Wildman–Crippen LogP) is 2.61. The van der Waals surface area contributed by atoms with E-state index in [9.17, 15) is 9.59 Å². The second kappa shape index (κ2) is 6.63. The van der Waals surface area contributed by atoms with Gasteiger partial charge in [-0.15, -0.1) is 0 Å². The van der Waals surface area contributed by atoms with Gasteiger partial charge in [0.25, 0.3) is 0 Å². The van der Waals surface area contributed by atoms with Crippen molar-refractivity contribution in [3.8, 4) is 6.07 Å². The number of nitriles is 1. The molecule has 136 valence electrons. The van der Waals surface area contributed by atoms with Crippen LogP contribution in [-0.2, 0) is 9.59 Å². The molecule has 5 rings (SSSR count). The van der Waals surface area contributed by atoms with Gasteiger partial charge in [-0.1, -0.05) is 0 Å². The summed E-state index contributed by atoms with van der Waals surface area (Å²) >= 11 is 0. The fourth-order valence-corrected chi connectivity index (χ4v) is 6.58. The van der Waals surface area contributed by atoms with Crippen LogP contribution in [0.15, 0.2) is 0 Å². The van der Waals surface area contributed by atoms with E-state index in [0.29, 0.717) is 24.9 Å². The zero-order valence-electron chi connectivity index (χ0n) is 15.0. The molecule has 5 heteroatoms. The molecule has 0 aromatic heterocycles. The number of carbonyl (C=O) groups excluding carboxylic acids is 2. The van der Waals surface area contributed by atoms with Gasteiger partial charge >= 0.3 is 0 Å². The number of piperidine rings is 1. The van der Waals surface area contributed by atoms with Crippen LogP contribution < -0.4 is 5.32 Å². The monoisotopic (exact) mass is 343 g/mol. The van der Waals surface area contributed by atoms with E-state index in [4.69, 9.17) is 5.26 Å². The summed E-state index contributed by atoms with van der Waals surface area (Å²) in [5.74, 6) is 2.79. The molecule has 5 nitrogen and oxygen atoms in total. The molecule has 1 aliphatic heterocycles. The zero-order valence-corrected chi connectivity index (χ0v) is 15.0. The van der Waals surface area contributed by atoms with Crippen LogP contribution in [0, 0.1) is 34.5 Å². The van der Waals surface area contributed by atoms with Crippen molar-refractivity contribution in [3.05, 3.63) is 0 Å². The molecular formula is C20H29N3O2. The molecule has 1 saturated heterocycles. The lowest BCUT2D eigenvalue weighted by Crippen LogP contribution is -2.50. The summed E-state index contributed by atoms with van der Waals surface area (Å²) in [4.78, 5) is 26.2. The molecule has 0 aromatic rings. The van der Waals surface area contributed by atoms with Crippen LogP contribution in [0.1, 0.15) is 64.2 Å². The smallest absolute Gasteiger partial charge is 0.236 e. The molecule has 5 aliphatic rings. The second-order valence-corrected chi connectivity index (χ2v) is 9.15. The number of nitrogens with zero attached hydrogens (tertiary/aromatic N) is 2. The maximum absolute atomic E-state index is 12.7. The Balaban J connectivity index is 1.26. The van der Waals surface area contributed by atoms with Gasteiger partial charge in [0.1, 0.15) is 6.42 Å². The van der Waals surface area contributed by atoms with Crippen molar-refractivity contribution < 1.29 is 9.59 Å². The summed E-state index contributed by atoms with van der Waals surface area (Å²) in [5, 5.41) is 11.9. The summed E-state index contributed by atoms with van der Waals surface area (Å²) in [6.45, 7) is 1.31. The minimum absolute atomic E-state index is 0.0386. The second-order valence-electron chi connectivity index (χ2n) is 9.15. The van der Waals surface area contributed by atoms with E-state index in [0.717, 1.165) is 30.6 Å². The van der Waals surface area contributed by atoms with Crippen LogP contribution in [0.2, 0.25) is 0 Å². The molecular weight excluding hydrogens is 314 g/mol. The molecule has 1 heterocycles. The molecule has 1 N–H and O–H groups in total. The molecule has 0 radical (unpaired) electrons. The van der Waals surface area contributed by atoms with E-state index in [2.05, 4.69) is 5.32 Å².